The quantitative estimate of drug-likeness (QED) is 0.909. The largest absolute Gasteiger partial charge is 0.336 e. The second kappa shape index (κ2) is 6.42. The SMILES string of the molecule is CCCNC(c1cc(Cl)ccc1Cl)c1cncn1C. The average molecular weight is 298 g/mol. The summed E-state index contributed by atoms with van der Waals surface area (Å²) in [7, 11) is 1.97. The third-order valence-electron chi connectivity index (χ3n) is 3.02. The summed E-state index contributed by atoms with van der Waals surface area (Å²) in [6.45, 7) is 3.03. The highest BCUT2D eigenvalue weighted by atomic mass is 35.5. The number of aromatic nitrogens is 2. The highest BCUT2D eigenvalue weighted by Crippen LogP contribution is 2.30. The average Bonchev–Trinajstić information content (AvgIpc) is 2.80. The topological polar surface area (TPSA) is 29.9 Å². The van der Waals surface area contributed by atoms with Crippen molar-refractivity contribution in [2.24, 2.45) is 7.05 Å². The lowest BCUT2D eigenvalue weighted by molar-refractivity contribution is 0.569. The molecule has 0 bridgehead atoms. The molecule has 102 valence electrons. The molecule has 1 aromatic heterocycles. The van der Waals surface area contributed by atoms with Gasteiger partial charge in [0.05, 0.1) is 24.3 Å². The summed E-state index contributed by atoms with van der Waals surface area (Å²) in [6.07, 6.45) is 4.69. The Hall–Kier alpha value is -1.03. The Morgan fingerprint density at radius 3 is 2.79 bits per heavy atom. The molecule has 0 saturated heterocycles. The Kier molecular flexibility index (Phi) is 4.86. The van der Waals surface area contributed by atoms with Crippen molar-refractivity contribution in [3.05, 3.63) is 52.0 Å². The Balaban J connectivity index is 2.42. The Bertz CT molecular complexity index is 551. The summed E-state index contributed by atoms with van der Waals surface area (Å²) in [5.41, 5.74) is 2.05. The van der Waals surface area contributed by atoms with Crippen LogP contribution in [0.25, 0.3) is 0 Å². The van der Waals surface area contributed by atoms with Gasteiger partial charge in [-0.2, -0.15) is 0 Å². The minimum absolute atomic E-state index is 0.00125. The first kappa shape index (κ1) is 14.4. The van der Waals surface area contributed by atoms with Crippen LogP contribution < -0.4 is 5.32 Å². The fraction of sp³-hybridized carbons (Fsp3) is 0.357. The Morgan fingerprint density at radius 1 is 1.37 bits per heavy atom. The zero-order valence-corrected chi connectivity index (χ0v) is 12.5. The lowest BCUT2D eigenvalue weighted by atomic mass is 10.0. The zero-order chi connectivity index (χ0) is 13.8. The van der Waals surface area contributed by atoms with E-state index in [0.717, 1.165) is 24.2 Å². The number of aryl methyl sites for hydroxylation is 1. The molecule has 1 atom stereocenters. The second-order valence-electron chi connectivity index (χ2n) is 4.48. The summed E-state index contributed by atoms with van der Waals surface area (Å²) in [5.74, 6) is 0. The third-order valence-corrected chi connectivity index (χ3v) is 3.60. The van der Waals surface area contributed by atoms with E-state index in [9.17, 15) is 0 Å². The van der Waals surface area contributed by atoms with Crippen LogP contribution in [-0.2, 0) is 7.05 Å². The number of rotatable bonds is 5. The van der Waals surface area contributed by atoms with Crippen molar-refractivity contribution in [2.75, 3.05) is 6.54 Å². The molecule has 5 heteroatoms. The van der Waals surface area contributed by atoms with Gasteiger partial charge in [-0.25, -0.2) is 4.98 Å². The van der Waals surface area contributed by atoms with Crippen LogP contribution >= 0.6 is 23.2 Å². The summed E-state index contributed by atoms with van der Waals surface area (Å²) in [4.78, 5) is 4.18. The van der Waals surface area contributed by atoms with Gasteiger partial charge in [0, 0.05) is 17.1 Å². The molecule has 19 heavy (non-hydrogen) atoms. The lowest BCUT2D eigenvalue weighted by Gasteiger charge is -2.21. The first-order valence-corrected chi connectivity index (χ1v) is 7.03. The molecule has 1 N–H and O–H groups in total. The number of hydrogen-bond acceptors (Lipinski definition) is 2. The standard InChI is InChI=1S/C14H17Cl2N3/c1-3-6-18-14(13-8-17-9-19(13)2)11-7-10(15)4-5-12(11)16/h4-5,7-9,14,18H,3,6H2,1-2H3. The maximum atomic E-state index is 6.31. The van der Waals surface area contributed by atoms with E-state index in [1.54, 1.807) is 12.4 Å². The van der Waals surface area contributed by atoms with Crippen molar-refractivity contribution in [3.8, 4) is 0 Å². The van der Waals surface area contributed by atoms with Crippen LogP contribution in [0.15, 0.2) is 30.7 Å². The molecule has 1 unspecified atom stereocenters. The monoisotopic (exact) mass is 297 g/mol. The van der Waals surface area contributed by atoms with Crippen molar-refractivity contribution in [2.45, 2.75) is 19.4 Å². The number of nitrogens with zero attached hydrogens (tertiary/aromatic N) is 2. The van der Waals surface area contributed by atoms with Crippen LogP contribution in [-0.4, -0.2) is 16.1 Å². The summed E-state index contributed by atoms with van der Waals surface area (Å²) < 4.78 is 1.99. The number of hydrogen-bond donors (Lipinski definition) is 1. The van der Waals surface area contributed by atoms with Gasteiger partial charge in [-0.15, -0.1) is 0 Å². The number of imidazole rings is 1. The van der Waals surface area contributed by atoms with Gasteiger partial charge >= 0.3 is 0 Å². The highest BCUT2D eigenvalue weighted by molar-refractivity contribution is 6.33. The Morgan fingerprint density at radius 2 is 2.16 bits per heavy atom. The van der Waals surface area contributed by atoms with Gasteiger partial charge in [-0.3, -0.25) is 0 Å². The van der Waals surface area contributed by atoms with Crippen LogP contribution in [0.3, 0.4) is 0 Å². The summed E-state index contributed by atoms with van der Waals surface area (Å²) in [6, 6.07) is 5.53. The predicted molar refractivity (Wildman–Crippen MR) is 79.8 cm³/mol. The highest BCUT2D eigenvalue weighted by Gasteiger charge is 2.19. The predicted octanol–water partition coefficient (Wildman–Crippen LogP) is 3.82. The van der Waals surface area contributed by atoms with E-state index in [1.807, 2.05) is 29.9 Å². The smallest absolute Gasteiger partial charge is 0.0946 e. The van der Waals surface area contributed by atoms with Gasteiger partial charge in [0.15, 0.2) is 0 Å². The van der Waals surface area contributed by atoms with Crippen molar-refractivity contribution in [1.29, 1.82) is 0 Å². The molecule has 0 saturated carbocycles. The van der Waals surface area contributed by atoms with E-state index >= 15 is 0 Å². The molecule has 0 aliphatic carbocycles. The van der Waals surface area contributed by atoms with Crippen molar-refractivity contribution < 1.29 is 0 Å². The molecule has 2 aromatic rings. The second-order valence-corrected chi connectivity index (χ2v) is 5.33. The van der Waals surface area contributed by atoms with Gasteiger partial charge in [0.1, 0.15) is 0 Å². The van der Waals surface area contributed by atoms with Crippen LogP contribution in [0.2, 0.25) is 10.0 Å². The number of nitrogens with one attached hydrogen (secondary N) is 1. The van der Waals surface area contributed by atoms with Crippen LogP contribution in [0.4, 0.5) is 0 Å². The summed E-state index contributed by atoms with van der Waals surface area (Å²) >= 11 is 12.4. The molecular formula is C14H17Cl2N3. The van der Waals surface area contributed by atoms with Crippen molar-refractivity contribution >= 4 is 23.2 Å². The maximum absolute atomic E-state index is 6.31. The first-order valence-electron chi connectivity index (χ1n) is 6.28. The molecule has 3 nitrogen and oxygen atoms in total. The zero-order valence-electron chi connectivity index (χ0n) is 11.0. The molecule has 0 aliphatic rings. The van der Waals surface area contributed by atoms with Gasteiger partial charge in [0.2, 0.25) is 0 Å². The van der Waals surface area contributed by atoms with Gasteiger partial charge in [0.25, 0.3) is 0 Å². The molecule has 0 fully saturated rings. The van der Waals surface area contributed by atoms with Gasteiger partial charge < -0.3 is 9.88 Å². The normalized spacial score (nSPS) is 12.6. The maximum Gasteiger partial charge on any atom is 0.0946 e. The molecule has 0 radical (unpaired) electrons. The van der Waals surface area contributed by atoms with E-state index in [4.69, 9.17) is 23.2 Å². The van der Waals surface area contributed by atoms with Gasteiger partial charge in [-0.05, 0) is 36.7 Å². The number of benzene rings is 1. The fourth-order valence-corrected chi connectivity index (χ4v) is 2.45. The Labute approximate surface area is 123 Å². The minimum Gasteiger partial charge on any atom is -0.336 e. The molecule has 0 amide bonds. The first-order chi connectivity index (χ1) is 9.13. The van der Waals surface area contributed by atoms with Crippen LogP contribution in [0.1, 0.15) is 30.6 Å². The van der Waals surface area contributed by atoms with E-state index in [0.29, 0.717) is 10.0 Å². The molecule has 1 aromatic carbocycles. The minimum atomic E-state index is -0.00125. The fourth-order valence-electron chi connectivity index (χ4n) is 2.04. The molecule has 0 spiro atoms. The van der Waals surface area contributed by atoms with E-state index in [-0.39, 0.29) is 6.04 Å². The number of halogens is 2. The van der Waals surface area contributed by atoms with Crippen molar-refractivity contribution in [1.82, 2.24) is 14.9 Å². The van der Waals surface area contributed by atoms with E-state index in [1.165, 1.54) is 0 Å². The van der Waals surface area contributed by atoms with E-state index < -0.39 is 0 Å². The molecular weight excluding hydrogens is 281 g/mol. The third kappa shape index (κ3) is 3.30. The molecule has 0 aliphatic heterocycles. The molecule has 2 rings (SSSR count). The van der Waals surface area contributed by atoms with E-state index in [2.05, 4.69) is 17.2 Å². The molecule has 1 heterocycles. The lowest BCUT2D eigenvalue weighted by Crippen LogP contribution is -2.25. The van der Waals surface area contributed by atoms with Gasteiger partial charge in [-0.1, -0.05) is 30.1 Å². The summed E-state index contributed by atoms with van der Waals surface area (Å²) in [5, 5.41) is 4.89. The van der Waals surface area contributed by atoms with Crippen LogP contribution in [0, 0.1) is 0 Å². The van der Waals surface area contributed by atoms with Crippen LogP contribution in [0.5, 0.6) is 0 Å². The van der Waals surface area contributed by atoms with Crippen molar-refractivity contribution in [3.63, 3.8) is 0 Å².